The van der Waals surface area contributed by atoms with Crippen molar-refractivity contribution in [3.05, 3.63) is 94.5 Å². The zero-order valence-electron chi connectivity index (χ0n) is 17.6. The van der Waals surface area contributed by atoms with Crippen LogP contribution in [0.25, 0.3) is 11.4 Å². The molecule has 0 aliphatic carbocycles. The highest BCUT2D eigenvalue weighted by Gasteiger charge is 2.18. The van der Waals surface area contributed by atoms with Gasteiger partial charge in [0.1, 0.15) is 10.7 Å². The summed E-state index contributed by atoms with van der Waals surface area (Å²) in [5.74, 6) is 0.389. The smallest absolute Gasteiger partial charge is 0.255 e. The van der Waals surface area contributed by atoms with Gasteiger partial charge in [0.15, 0.2) is 11.6 Å². The van der Waals surface area contributed by atoms with Crippen LogP contribution in [0.15, 0.2) is 82.7 Å². The van der Waals surface area contributed by atoms with Crippen LogP contribution in [0, 0.1) is 13.8 Å². The Morgan fingerprint density at radius 3 is 2.09 bits per heavy atom. The van der Waals surface area contributed by atoms with Gasteiger partial charge in [0, 0.05) is 21.0 Å². The molecule has 0 radical (unpaired) electrons. The summed E-state index contributed by atoms with van der Waals surface area (Å²) < 4.78 is 0. The molecule has 0 saturated heterocycles. The number of benzene rings is 3. The van der Waals surface area contributed by atoms with Gasteiger partial charge in [-0.1, -0.05) is 70.9 Å². The predicted molar refractivity (Wildman–Crippen MR) is 131 cm³/mol. The third kappa shape index (κ3) is 5.10. The van der Waals surface area contributed by atoms with E-state index in [1.807, 2.05) is 62.4 Å². The van der Waals surface area contributed by atoms with E-state index in [0.717, 1.165) is 21.6 Å². The second kappa shape index (κ2) is 9.42. The number of hydrogen-bond acceptors (Lipinski definition) is 5. The number of amides is 1. The number of anilines is 2. The number of nitrogens with two attached hydrogens (primary N) is 1. The Bertz CT molecular complexity index is 1260. The molecule has 0 atom stereocenters. The monoisotopic (exact) mass is 460 g/mol. The summed E-state index contributed by atoms with van der Waals surface area (Å²) in [5, 5.41) is 4.01. The highest BCUT2D eigenvalue weighted by molar-refractivity contribution is 7.99. The van der Waals surface area contributed by atoms with Crippen LogP contribution in [0.3, 0.4) is 0 Å². The highest BCUT2D eigenvalue weighted by Crippen LogP contribution is 2.36. The quantitative estimate of drug-likeness (QED) is 0.337. The minimum absolute atomic E-state index is 0.201. The molecule has 1 amide bonds. The van der Waals surface area contributed by atoms with E-state index < -0.39 is 0 Å². The first-order chi connectivity index (χ1) is 15.4. The van der Waals surface area contributed by atoms with Gasteiger partial charge in [-0.15, -0.1) is 0 Å². The minimum atomic E-state index is -0.314. The molecule has 5 nitrogen and oxygen atoms in total. The number of carbonyl (C=O) groups excluding carboxylic acids is 1. The van der Waals surface area contributed by atoms with E-state index in [2.05, 4.69) is 10.3 Å². The lowest BCUT2D eigenvalue weighted by Gasteiger charge is -2.14. The number of nitrogens with one attached hydrogen (secondary N) is 1. The zero-order chi connectivity index (χ0) is 22.7. The number of hydrogen-bond donors (Lipinski definition) is 2. The second-order valence-electron chi connectivity index (χ2n) is 7.35. The van der Waals surface area contributed by atoms with Crippen LogP contribution in [0.1, 0.15) is 21.5 Å². The van der Waals surface area contributed by atoms with Crippen LogP contribution in [0.2, 0.25) is 5.02 Å². The number of nitrogen functional groups attached to an aromatic ring is 1. The van der Waals surface area contributed by atoms with E-state index in [4.69, 9.17) is 22.3 Å². The van der Waals surface area contributed by atoms with Crippen molar-refractivity contribution in [2.24, 2.45) is 0 Å². The van der Waals surface area contributed by atoms with Crippen LogP contribution >= 0.6 is 23.4 Å². The Kier molecular flexibility index (Phi) is 6.44. The molecule has 0 bridgehead atoms. The maximum atomic E-state index is 12.8. The zero-order valence-corrected chi connectivity index (χ0v) is 19.2. The van der Waals surface area contributed by atoms with E-state index in [1.165, 1.54) is 11.8 Å². The highest BCUT2D eigenvalue weighted by atomic mass is 35.5. The molecule has 0 spiro atoms. The number of halogens is 1. The van der Waals surface area contributed by atoms with Gasteiger partial charge in [-0.2, -0.15) is 0 Å². The lowest BCUT2D eigenvalue weighted by molar-refractivity contribution is 0.102. The summed E-state index contributed by atoms with van der Waals surface area (Å²) in [7, 11) is 0. The van der Waals surface area contributed by atoms with Gasteiger partial charge in [-0.05, 0) is 50.2 Å². The molecule has 160 valence electrons. The molecule has 1 heterocycles. The van der Waals surface area contributed by atoms with Crippen molar-refractivity contribution in [3.63, 3.8) is 0 Å². The number of aryl methyl sites for hydroxylation is 2. The standard InChI is InChI=1S/C25H21ClN4OS/c1-15-3-7-17(8-4-15)23-29-22(27)21(28-24(31)18-9-11-19(26)12-10-18)25(30-23)32-20-13-5-16(2)6-14-20/h3-14H,1-2H3,(H,28,31)(H2,27,29,30). The van der Waals surface area contributed by atoms with Gasteiger partial charge >= 0.3 is 0 Å². The molecule has 32 heavy (non-hydrogen) atoms. The fourth-order valence-electron chi connectivity index (χ4n) is 2.98. The van der Waals surface area contributed by atoms with E-state index in [9.17, 15) is 4.79 Å². The molecule has 0 unspecified atom stereocenters. The van der Waals surface area contributed by atoms with Gasteiger partial charge in [-0.3, -0.25) is 4.79 Å². The normalized spacial score (nSPS) is 10.7. The lowest BCUT2D eigenvalue weighted by atomic mass is 10.1. The summed E-state index contributed by atoms with van der Waals surface area (Å²) in [4.78, 5) is 23.0. The van der Waals surface area contributed by atoms with Crippen LogP contribution < -0.4 is 11.1 Å². The maximum Gasteiger partial charge on any atom is 0.255 e. The number of nitrogens with zero attached hydrogens (tertiary/aromatic N) is 2. The molecule has 0 aliphatic rings. The Morgan fingerprint density at radius 2 is 1.47 bits per heavy atom. The SMILES string of the molecule is Cc1ccc(Sc2nc(-c3ccc(C)cc3)nc(N)c2NC(=O)c2ccc(Cl)cc2)cc1. The average Bonchev–Trinajstić information content (AvgIpc) is 2.78. The van der Waals surface area contributed by atoms with Gasteiger partial charge in [0.2, 0.25) is 0 Å². The fraction of sp³-hybridized carbons (Fsp3) is 0.0800. The number of rotatable bonds is 5. The van der Waals surface area contributed by atoms with Crippen LogP contribution in [0.5, 0.6) is 0 Å². The van der Waals surface area contributed by atoms with Gasteiger partial charge in [0.25, 0.3) is 5.91 Å². The van der Waals surface area contributed by atoms with Crippen molar-refractivity contribution in [3.8, 4) is 11.4 Å². The molecule has 4 aromatic rings. The molecular formula is C25H21ClN4OS. The predicted octanol–water partition coefficient (Wildman–Crippen LogP) is 6.40. The third-order valence-electron chi connectivity index (χ3n) is 4.79. The van der Waals surface area contributed by atoms with Crippen molar-refractivity contribution in [2.75, 3.05) is 11.1 Å². The van der Waals surface area contributed by atoms with Crippen molar-refractivity contribution in [1.29, 1.82) is 0 Å². The molecule has 0 fully saturated rings. The average molecular weight is 461 g/mol. The molecule has 4 rings (SSSR count). The van der Waals surface area contributed by atoms with E-state index >= 15 is 0 Å². The lowest BCUT2D eigenvalue weighted by Crippen LogP contribution is -2.15. The summed E-state index contributed by atoms with van der Waals surface area (Å²) >= 11 is 7.36. The van der Waals surface area contributed by atoms with Crippen molar-refractivity contribution < 1.29 is 4.79 Å². The first-order valence-electron chi connectivity index (χ1n) is 9.95. The van der Waals surface area contributed by atoms with Crippen LogP contribution in [-0.4, -0.2) is 15.9 Å². The minimum Gasteiger partial charge on any atom is -0.382 e. The second-order valence-corrected chi connectivity index (χ2v) is 8.85. The van der Waals surface area contributed by atoms with Crippen molar-refractivity contribution in [2.45, 2.75) is 23.8 Å². The number of carbonyl (C=O) groups is 1. The van der Waals surface area contributed by atoms with Gasteiger partial charge in [0.05, 0.1) is 0 Å². The summed E-state index contributed by atoms with van der Waals surface area (Å²) in [5.41, 5.74) is 10.3. The number of aromatic nitrogens is 2. The molecular weight excluding hydrogens is 440 g/mol. The van der Waals surface area contributed by atoms with E-state index in [-0.39, 0.29) is 11.7 Å². The van der Waals surface area contributed by atoms with E-state index in [1.54, 1.807) is 24.3 Å². The van der Waals surface area contributed by atoms with Crippen molar-refractivity contribution in [1.82, 2.24) is 9.97 Å². The molecule has 3 aromatic carbocycles. The molecule has 0 aliphatic heterocycles. The van der Waals surface area contributed by atoms with Crippen LogP contribution in [0.4, 0.5) is 11.5 Å². The Hall–Kier alpha value is -3.35. The topological polar surface area (TPSA) is 80.9 Å². The Morgan fingerprint density at radius 1 is 0.875 bits per heavy atom. The van der Waals surface area contributed by atoms with Crippen molar-refractivity contribution >= 4 is 40.8 Å². The molecule has 7 heteroatoms. The summed E-state index contributed by atoms with van der Waals surface area (Å²) in [6.07, 6.45) is 0. The first-order valence-corrected chi connectivity index (χ1v) is 11.1. The summed E-state index contributed by atoms with van der Waals surface area (Å²) in [6, 6.07) is 22.6. The van der Waals surface area contributed by atoms with Gasteiger partial charge < -0.3 is 11.1 Å². The maximum absolute atomic E-state index is 12.8. The molecule has 0 saturated carbocycles. The molecule has 1 aromatic heterocycles. The van der Waals surface area contributed by atoms with E-state index in [0.29, 0.717) is 27.1 Å². The first kappa shape index (κ1) is 21.9. The summed E-state index contributed by atoms with van der Waals surface area (Å²) in [6.45, 7) is 4.05. The van der Waals surface area contributed by atoms with Gasteiger partial charge in [-0.25, -0.2) is 9.97 Å². The Balaban J connectivity index is 1.74. The third-order valence-corrected chi connectivity index (χ3v) is 6.04. The Labute approximate surface area is 196 Å². The van der Waals surface area contributed by atoms with Crippen LogP contribution in [-0.2, 0) is 0 Å². The molecule has 3 N–H and O–H groups in total. The largest absolute Gasteiger partial charge is 0.382 e. The fourth-order valence-corrected chi connectivity index (χ4v) is 4.00.